The van der Waals surface area contributed by atoms with Gasteiger partial charge in [0.1, 0.15) is 5.82 Å². The Kier molecular flexibility index (Phi) is 7.05. The van der Waals surface area contributed by atoms with Gasteiger partial charge in [0.2, 0.25) is 5.95 Å². The standard InChI is InChI=1S/C26H40N8O2/c1-18-22(16-34(31-18)20-8-12-32(4)15-20)29-24-28-14-21(19-6-7-19)23(30-24)27-10-5-11-33-13-9-26(2,3)17-36-25(33)35/h14,16,19-20H,5-13,15,17H2,1-4H3,(H2,27,28,29,30). The van der Waals surface area contributed by atoms with E-state index in [1.54, 1.807) is 0 Å². The number of likely N-dealkylation sites (N-methyl/N-ethyl adjacent to an activating group) is 1. The van der Waals surface area contributed by atoms with Crippen LogP contribution in [0.3, 0.4) is 0 Å². The highest BCUT2D eigenvalue weighted by Crippen LogP contribution is 2.43. The van der Waals surface area contributed by atoms with Gasteiger partial charge in [-0.2, -0.15) is 10.1 Å². The Bertz CT molecular complexity index is 1080. The highest BCUT2D eigenvalue weighted by molar-refractivity contribution is 5.68. The van der Waals surface area contributed by atoms with Crippen LogP contribution >= 0.6 is 0 Å². The molecule has 2 aromatic rings. The fourth-order valence-electron chi connectivity index (χ4n) is 4.95. The Labute approximate surface area is 213 Å². The lowest BCUT2D eigenvalue weighted by molar-refractivity contribution is 0.0938. The van der Waals surface area contributed by atoms with Gasteiger partial charge in [0.05, 0.1) is 24.0 Å². The van der Waals surface area contributed by atoms with Gasteiger partial charge in [0.25, 0.3) is 0 Å². The Morgan fingerprint density at radius 1 is 1.22 bits per heavy atom. The Morgan fingerprint density at radius 2 is 2.06 bits per heavy atom. The van der Waals surface area contributed by atoms with Crippen molar-refractivity contribution >= 4 is 23.5 Å². The lowest BCUT2D eigenvalue weighted by Crippen LogP contribution is -2.32. The van der Waals surface area contributed by atoms with Gasteiger partial charge in [0.15, 0.2) is 0 Å². The number of nitrogens with one attached hydrogen (secondary N) is 2. The second-order valence-electron chi connectivity index (χ2n) is 11.4. The molecule has 0 aromatic carbocycles. The molecule has 2 aliphatic heterocycles. The second-order valence-corrected chi connectivity index (χ2v) is 11.4. The zero-order chi connectivity index (χ0) is 25.3. The second kappa shape index (κ2) is 10.2. The third-order valence-electron chi connectivity index (χ3n) is 7.54. The van der Waals surface area contributed by atoms with Gasteiger partial charge >= 0.3 is 6.09 Å². The smallest absolute Gasteiger partial charge is 0.409 e. The first-order valence-corrected chi connectivity index (χ1v) is 13.3. The summed E-state index contributed by atoms with van der Waals surface area (Å²) in [6, 6.07) is 0.409. The molecule has 1 amide bonds. The van der Waals surface area contributed by atoms with Gasteiger partial charge in [-0.1, -0.05) is 13.8 Å². The molecular weight excluding hydrogens is 456 g/mol. The van der Waals surface area contributed by atoms with E-state index in [1.807, 2.05) is 18.0 Å². The van der Waals surface area contributed by atoms with Gasteiger partial charge < -0.3 is 25.2 Å². The summed E-state index contributed by atoms with van der Waals surface area (Å²) in [7, 11) is 2.15. The van der Waals surface area contributed by atoms with Gasteiger partial charge in [-0.15, -0.1) is 0 Å². The molecule has 1 saturated carbocycles. The first-order chi connectivity index (χ1) is 17.3. The summed E-state index contributed by atoms with van der Waals surface area (Å²) in [6.07, 6.45) is 9.09. The molecule has 0 bridgehead atoms. The molecule has 10 heteroatoms. The molecule has 0 spiro atoms. The molecule has 3 aliphatic rings. The predicted octanol–water partition coefficient (Wildman–Crippen LogP) is 4.15. The number of hydrogen-bond acceptors (Lipinski definition) is 8. The van der Waals surface area contributed by atoms with Crippen LogP contribution in [0.2, 0.25) is 0 Å². The van der Waals surface area contributed by atoms with Gasteiger partial charge in [0, 0.05) is 49.6 Å². The van der Waals surface area contributed by atoms with E-state index in [2.05, 4.69) is 52.3 Å². The van der Waals surface area contributed by atoms with Crippen molar-refractivity contribution in [2.24, 2.45) is 5.41 Å². The number of aryl methyl sites for hydroxylation is 1. The van der Waals surface area contributed by atoms with E-state index in [0.29, 0.717) is 31.1 Å². The van der Waals surface area contributed by atoms with E-state index in [1.165, 1.54) is 18.4 Å². The summed E-state index contributed by atoms with van der Waals surface area (Å²) in [5, 5.41) is 11.7. The minimum absolute atomic E-state index is 0.0362. The van der Waals surface area contributed by atoms with Crippen LogP contribution in [0.5, 0.6) is 0 Å². The normalized spacial score (nSPS) is 22.4. The fraction of sp³-hybridized carbons (Fsp3) is 0.692. The van der Waals surface area contributed by atoms with Crippen LogP contribution in [0.1, 0.15) is 69.2 Å². The average Bonchev–Trinajstić information content (AvgIpc) is 3.52. The van der Waals surface area contributed by atoms with Crippen molar-refractivity contribution in [2.45, 2.75) is 64.8 Å². The maximum absolute atomic E-state index is 12.3. The molecule has 4 heterocycles. The topological polar surface area (TPSA) is 100 Å². The summed E-state index contributed by atoms with van der Waals surface area (Å²) < 4.78 is 7.53. The molecule has 2 saturated heterocycles. The number of carbonyl (C=O) groups excluding carboxylic acids is 1. The minimum atomic E-state index is -0.201. The monoisotopic (exact) mass is 496 g/mol. The minimum Gasteiger partial charge on any atom is -0.449 e. The van der Waals surface area contributed by atoms with Gasteiger partial charge in [-0.05, 0) is 58.5 Å². The quantitative estimate of drug-likeness (QED) is 0.500. The van der Waals surface area contributed by atoms with E-state index in [9.17, 15) is 4.79 Å². The zero-order valence-electron chi connectivity index (χ0n) is 22.1. The molecule has 3 fully saturated rings. The molecule has 36 heavy (non-hydrogen) atoms. The number of anilines is 3. The molecule has 1 unspecified atom stereocenters. The Morgan fingerprint density at radius 3 is 2.81 bits per heavy atom. The summed E-state index contributed by atoms with van der Waals surface area (Å²) in [6.45, 7) is 11.1. The van der Waals surface area contributed by atoms with Crippen molar-refractivity contribution in [3.05, 3.63) is 23.7 Å². The molecule has 0 radical (unpaired) electrons. The number of carbonyl (C=O) groups is 1. The van der Waals surface area contributed by atoms with Crippen molar-refractivity contribution in [1.29, 1.82) is 0 Å². The molecule has 2 aromatic heterocycles. The predicted molar refractivity (Wildman–Crippen MR) is 140 cm³/mol. The van der Waals surface area contributed by atoms with Crippen LogP contribution in [-0.2, 0) is 4.74 Å². The Balaban J connectivity index is 1.20. The zero-order valence-corrected chi connectivity index (χ0v) is 22.1. The average molecular weight is 497 g/mol. The third kappa shape index (κ3) is 5.91. The number of aromatic nitrogens is 4. The maximum Gasteiger partial charge on any atom is 0.409 e. The van der Waals surface area contributed by atoms with Gasteiger partial charge in [-0.3, -0.25) is 4.68 Å². The first-order valence-electron chi connectivity index (χ1n) is 13.3. The van der Waals surface area contributed by atoms with E-state index < -0.39 is 0 Å². The number of likely N-dealkylation sites (tertiary alicyclic amines) is 1. The van der Waals surface area contributed by atoms with Crippen LogP contribution in [0.4, 0.5) is 22.2 Å². The van der Waals surface area contributed by atoms with Crippen LogP contribution in [0, 0.1) is 12.3 Å². The summed E-state index contributed by atoms with van der Waals surface area (Å²) in [5.74, 6) is 2.00. The van der Waals surface area contributed by atoms with E-state index >= 15 is 0 Å². The van der Waals surface area contributed by atoms with Crippen LogP contribution in [0.25, 0.3) is 0 Å². The highest BCUT2D eigenvalue weighted by Gasteiger charge is 2.29. The molecule has 196 valence electrons. The lowest BCUT2D eigenvalue weighted by Gasteiger charge is -2.21. The van der Waals surface area contributed by atoms with Crippen LogP contribution in [0.15, 0.2) is 12.4 Å². The van der Waals surface area contributed by atoms with Crippen molar-refractivity contribution in [3.63, 3.8) is 0 Å². The molecule has 5 rings (SSSR count). The number of amides is 1. The summed E-state index contributed by atoms with van der Waals surface area (Å²) in [5.41, 5.74) is 3.10. The van der Waals surface area contributed by atoms with Crippen LogP contribution < -0.4 is 10.6 Å². The maximum atomic E-state index is 12.3. The van der Waals surface area contributed by atoms with Crippen LogP contribution in [-0.4, -0.2) is 82.0 Å². The fourth-order valence-corrected chi connectivity index (χ4v) is 4.95. The number of hydrogen-bond donors (Lipinski definition) is 2. The van der Waals surface area contributed by atoms with Crippen molar-refractivity contribution < 1.29 is 9.53 Å². The molecule has 10 nitrogen and oxygen atoms in total. The van der Waals surface area contributed by atoms with Crippen molar-refractivity contribution in [3.8, 4) is 0 Å². The SMILES string of the molecule is Cc1nn(C2CCN(C)C2)cc1Nc1ncc(C2CC2)c(NCCCN2CCC(C)(C)COC2=O)n1. The first kappa shape index (κ1) is 24.8. The largest absolute Gasteiger partial charge is 0.449 e. The van der Waals surface area contributed by atoms with E-state index in [4.69, 9.17) is 14.8 Å². The summed E-state index contributed by atoms with van der Waals surface area (Å²) >= 11 is 0. The molecule has 1 aliphatic carbocycles. The van der Waals surface area contributed by atoms with E-state index in [0.717, 1.165) is 62.6 Å². The molecular formula is C26H40N8O2. The van der Waals surface area contributed by atoms with Crippen molar-refractivity contribution in [2.75, 3.05) is 57.0 Å². The lowest BCUT2D eigenvalue weighted by atomic mass is 9.91. The number of cyclic esters (lactones) is 1. The number of rotatable bonds is 9. The Hall–Kier alpha value is -2.88. The summed E-state index contributed by atoms with van der Waals surface area (Å²) in [4.78, 5) is 25.9. The number of ether oxygens (including phenoxy) is 1. The highest BCUT2D eigenvalue weighted by atomic mass is 16.6. The van der Waals surface area contributed by atoms with E-state index in [-0.39, 0.29) is 11.5 Å². The third-order valence-corrected chi connectivity index (χ3v) is 7.54. The number of nitrogens with zero attached hydrogens (tertiary/aromatic N) is 6. The molecule has 1 atom stereocenters. The van der Waals surface area contributed by atoms with Crippen molar-refractivity contribution in [1.82, 2.24) is 29.5 Å². The van der Waals surface area contributed by atoms with Gasteiger partial charge in [-0.25, -0.2) is 9.78 Å². The molecule has 2 N–H and O–H groups in total.